The Balaban J connectivity index is 2.09. The maximum Gasteiger partial charge on any atom is 0.150 e. The van der Waals surface area contributed by atoms with Crippen LogP contribution in [-0.2, 0) is 6.54 Å². The molecule has 0 unspecified atom stereocenters. The van der Waals surface area contributed by atoms with Crippen LogP contribution in [0.15, 0.2) is 18.2 Å². The highest BCUT2D eigenvalue weighted by Gasteiger charge is 2.18. The Bertz CT molecular complexity index is 428. The van der Waals surface area contributed by atoms with Gasteiger partial charge in [-0.1, -0.05) is 0 Å². The zero-order valence-corrected chi connectivity index (χ0v) is 11.7. The fraction of sp³-hybridized carbons (Fsp3) is 0.533. The number of rotatable bonds is 5. The van der Waals surface area contributed by atoms with Crippen molar-refractivity contribution < 1.29 is 9.53 Å². The van der Waals surface area contributed by atoms with Gasteiger partial charge in [-0.25, -0.2) is 0 Å². The number of hydrogen-bond acceptors (Lipinski definition) is 4. The van der Waals surface area contributed by atoms with Crippen LogP contribution in [0.2, 0.25) is 0 Å². The number of carbonyl (C=O) groups is 1. The first kappa shape index (κ1) is 14.0. The van der Waals surface area contributed by atoms with Crippen molar-refractivity contribution in [2.45, 2.75) is 25.4 Å². The Morgan fingerprint density at radius 3 is 2.79 bits per heavy atom. The van der Waals surface area contributed by atoms with Gasteiger partial charge in [0.2, 0.25) is 0 Å². The highest BCUT2D eigenvalue weighted by Crippen LogP contribution is 2.22. The molecule has 19 heavy (non-hydrogen) atoms. The topological polar surface area (TPSA) is 41.6 Å². The van der Waals surface area contributed by atoms with E-state index in [1.54, 1.807) is 13.2 Å². The van der Waals surface area contributed by atoms with Crippen molar-refractivity contribution in [1.29, 1.82) is 0 Å². The van der Waals surface area contributed by atoms with E-state index >= 15 is 0 Å². The summed E-state index contributed by atoms with van der Waals surface area (Å²) in [6, 6.07) is 6.18. The molecule has 0 atom stereocenters. The molecule has 1 aromatic carbocycles. The highest BCUT2D eigenvalue weighted by atomic mass is 16.5. The molecule has 0 amide bonds. The van der Waals surface area contributed by atoms with Gasteiger partial charge in [0.05, 0.1) is 7.11 Å². The van der Waals surface area contributed by atoms with Crippen LogP contribution in [-0.4, -0.2) is 44.5 Å². The van der Waals surface area contributed by atoms with Crippen LogP contribution >= 0.6 is 0 Å². The molecular formula is C15H22N2O2. The van der Waals surface area contributed by atoms with Gasteiger partial charge in [0.25, 0.3) is 0 Å². The van der Waals surface area contributed by atoms with E-state index in [0.29, 0.717) is 11.6 Å². The second kappa shape index (κ2) is 6.68. The molecule has 4 nitrogen and oxygen atoms in total. The zero-order chi connectivity index (χ0) is 13.7. The van der Waals surface area contributed by atoms with E-state index in [-0.39, 0.29) is 0 Å². The summed E-state index contributed by atoms with van der Waals surface area (Å²) in [5.41, 5.74) is 1.78. The molecule has 104 valence electrons. The third-order valence-electron chi connectivity index (χ3n) is 3.79. The van der Waals surface area contributed by atoms with Crippen LogP contribution in [0, 0.1) is 0 Å². The van der Waals surface area contributed by atoms with Gasteiger partial charge < -0.3 is 10.1 Å². The lowest BCUT2D eigenvalue weighted by atomic mass is 10.0. The first-order valence-electron chi connectivity index (χ1n) is 6.77. The highest BCUT2D eigenvalue weighted by molar-refractivity contribution is 5.75. The van der Waals surface area contributed by atoms with Crippen molar-refractivity contribution in [1.82, 2.24) is 10.2 Å². The lowest BCUT2D eigenvalue weighted by Gasteiger charge is -2.32. The van der Waals surface area contributed by atoms with E-state index in [2.05, 4.69) is 17.3 Å². The molecule has 1 fully saturated rings. The Morgan fingerprint density at radius 2 is 2.16 bits per heavy atom. The Morgan fingerprint density at radius 1 is 1.42 bits per heavy atom. The molecule has 1 N–H and O–H groups in total. The number of aldehydes is 1. The monoisotopic (exact) mass is 262 g/mol. The largest absolute Gasteiger partial charge is 0.496 e. The smallest absolute Gasteiger partial charge is 0.150 e. The molecule has 0 aromatic heterocycles. The average Bonchev–Trinajstić information content (AvgIpc) is 2.48. The minimum Gasteiger partial charge on any atom is -0.496 e. The molecule has 4 heteroatoms. The summed E-state index contributed by atoms with van der Waals surface area (Å²) in [4.78, 5) is 13.2. The molecule has 1 heterocycles. The maximum atomic E-state index is 10.9. The van der Waals surface area contributed by atoms with Crippen LogP contribution in [0.5, 0.6) is 5.75 Å². The summed E-state index contributed by atoms with van der Waals surface area (Å²) in [6.45, 7) is 2.98. The predicted molar refractivity (Wildman–Crippen MR) is 75.7 cm³/mol. The van der Waals surface area contributed by atoms with Gasteiger partial charge in [0.15, 0.2) is 0 Å². The van der Waals surface area contributed by atoms with Crippen LogP contribution < -0.4 is 10.1 Å². The number of ether oxygens (including phenoxy) is 1. The molecule has 0 bridgehead atoms. The summed E-state index contributed by atoms with van der Waals surface area (Å²) in [5.74, 6) is 0.853. The molecule has 1 aromatic rings. The van der Waals surface area contributed by atoms with Crippen LogP contribution in [0.3, 0.4) is 0 Å². The van der Waals surface area contributed by atoms with Gasteiger partial charge in [-0.2, -0.15) is 0 Å². The molecule has 1 aliphatic rings. The fourth-order valence-electron chi connectivity index (χ4n) is 2.64. The van der Waals surface area contributed by atoms with Crippen LogP contribution in [0.25, 0.3) is 0 Å². The average molecular weight is 262 g/mol. The van der Waals surface area contributed by atoms with Crippen molar-refractivity contribution in [3.63, 3.8) is 0 Å². The molecule has 2 rings (SSSR count). The summed E-state index contributed by atoms with van der Waals surface area (Å²) in [7, 11) is 3.81. The lowest BCUT2D eigenvalue weighted by Crippen LogP contribution is -2.40. The van der Waals surface area contributed by atoms with Crippen molar-refractivity contribution in [3.8, 4) is 5.75 Å². The molecule has 1 saturated heterocycles. The van der Waals surface area contributed by atoms with Crippen molar-refractivity contribution >= 4 is 6.29 Å². The second-order valence-electron chi connectivity index (χ2n) is 5.09. The molecular weight excluding hydrogens is 240 g/mol. The fourth-order valence-corrected chi connectivity index (χ4v) is 2.64. The second-order valence-corrected chi connectivity index (χ2v) is 5.09. The molecule has 0 saturated carbocycles. The molecule has 0 spiro atoms. The summed E-state index contributed by atoms with van der Waals surface area (Å²) < 4.78 is 5.38. The number of carbonyl (C=O) groups excluding carboxylic acids is 1. The number of nitrogens with zero attached hydrogens (tertiary/aromatic N) is 1. The first-order valence-corrected chi connectivity index (χ1v) is 6.77. The third kappa shape index (κ3) is 3.55. The number of benzene rings is 1. The van der Waals surface area contributed by atoms with Gasteiger partial charge >= 0.3 is 0 Å². The van der Waals surface area contributed by atoms with Crippen LogP contribution in [0.4, 0.5) is 0 Å². The van der Waals surface area contributed by atoms with E-state index in [1.165, 1.54) is 12.8 Å². The minimum atomic E-state index is 0.603. The number of hydrogen-bond donors (Lipinski definition) is 1. The zero-order valence-electron chi connectivity index (χ0n) is 11.7. The Labute approximate surface area is 114 Å². The number of methoxy groups -OCH3 is 1. The van der Waals surface area contributed by atoms with Gasteiger partial charge in [-0.3, -0.25) is 9.69 Å². The summed E-state index contributed by atoms with van der Waals surface area (Å²) in [5, 5.41) is 3.38. The predicted octanol–water partition coefficient (Wildman–Crippen LogP) is 1.69. The van der Waals surface area contributed by atoms with Crippen molar-refractivity contribution in [2.75, 3.05) is 27.2 Å². The standard InChI is InChI=1S/C15H22N2O2/c1-17(14-5-7-16-8-6-14)10-13-9-12(11-18)3-4-15(13)19-2/h3-4,9,11,14,16H,5-8,10H2,1-2H3. The van der Waals surface area contributed by atoms with E-state index in [0.717, 1.165) is 37.2 Å². The number of piperidine rings is 1. The van der Waals surface area contributed by atoms with E-state index in [1.807, 2.05) is 12.1 Å². The molecule has 0 radical (unpaired) electrons. The van der Waals surface area contributed by atoms with Crippen LogP contribution in [0.1, 0.15) is 28.8 Å². The normalized spacial score (nSPS) is 16.6. The van der Waals surface area contributed by atoms with Gasteiger partial charge in [-0.15, -0.1) is 0 Å². The quantitative estimate of drug-likeness (QED) is 0.820. The van der Waals surface area contributed by atoms with Crippen molar-refractivity contribution in [3.05, 3.63) is 29.3 Å². The van der Waals surface area contributed by atoms with Gasteiger partial charge in [0, 0.05) is 23.7 Å². The third-order valence-corrected chi connectivity index (χ3v) is 3.79. The van der Waals surface area contributed by atoms with E-state index in [9.17, 15) is 4.79 Å². The van der Waals surface area contributed by atoms with Gasteiger partial charge in [0.1, 0.15) is 12.0 Å². The Hall–Kier alpha value is -1.39. The number of nitrogens with one attached hydrogen (secondary N) is 1. The van der Waals surface area contributed by atoms with E-state index in [4.69, 9.17) is 4.74 Å². The SMILES string of the molecule is COc1ccc(C=O)cc1CN(C)C1CCNCC1. The summed E-state index contributed by atoms with van der Waals surface area (Å²) >= 11 is 0. The Kier molecular flexibility index (Phi) is 4.93. The molecule has 0 aliphatic carbocycles. The molecule has 1 aliphatic heterocycles. The van der Waals surface area contributed by atoms with E-state index < -0.39 is 0 Å². The minimum absolute atomic E-state index is 0.603. The first-order chi connectivity index (χ1) is 9.24. The lowest BCUT2D eigenvalue weighted by molar-refractivity contribution is 0.112. The van der Waals surface area contributed by atoms with Gasteiger partial charge in [-0.05, 0) is 51.2 Å². The summed E-state index contributed by atoms with van der Waals surface area (Å²) in [6.07, 6.45) is 3.23. The maximum absolute atomic E-state index is 10.9. The van der Waals surface area contributed by atoms with Crippen molar-refractivity contribution in [2.24, 2.45) is 0 Å².